The van der Waals surface area contributed by atoms with Crippen LogP contribution in [0.5, 0.6) is 0 Å². The number of thiazole rings is 1. The Balaban J connectivity index is 1.89. The van der Waals surface area contributed by atoms with E-state index in [9.17, 15) is 13.6 Å². The van der Waals surface area contributed by atoms with Crippen LogP contribution in [0.25, 0.3) is 5.13 Å². The summed E-state index contributed by atoms with van der Waals surface area (Å²) < 4.78 is 28.1. The fourth-order valence-corrected chi connectivity index (χ4v) is 2.70. The van der Waals surface area contributed by atoms with Crippen LogP contribution in [0.15, 0.2) is 11.1 Å². The van der Waals surface area contributed by atoms with Gasteiger partial charge in [-0.3, -0.25) is 0 Å². The molecule has 1 unspecified atom stereocenters. The van der Waals surface area contributed by atoms with Crippen LogP contribution in [0.4, 0.5) is 8.78 Å². The lowest BCUT2D eigenvalue weighted by Gasteiger charge is -1.97. The van der Waals surface area contributed by atoms with Gasteiger partial charge in [-0.1, -0.05) is 0 Å². The molecule has 0 amide bonds. The first kappa shape index (κ1) is 12.5. The molecule has 1 fully saturated rings. The van der Waals surface area contributed by atoms with Gasteiger partial charge in [-0.2, -0.15) is 5.10 Å². The molecule has 1 aliphatic rings. The van der Waals surface area contributed by atoms with Gasteiger partial charge < -0.3 is 0 Å². The quantitative estimate of drug-likeness (QED) is 0.864. The standard InChI is InChI=1S/C11H12F2N4OS/c1-6-7(2)19-9(15-6)16-5-14-17(10(16)18)4-8-3-11(8,12)13/h5,8H,3-4H2,1-2H3. The molecule has 2 aromatic heterocycles. The molecule has 0 saturated heterocycles. The number of alkyl halides is 2. The van der Waals surface area contributed by atoms with Crippen LogP contribution in [-0.4, -0.2) is 25.3 Å². The third kappa shape index (κ3) is 2.09. The molecule has 0 aliphatic heterocycles. The Kier molecular flexibility index (Phi) is 2.60. The SMILES string of the molecule is Cc1nc(-n2cnn(CC3CC3(F)F)c2=O)sc1C. The van der Waals surface area contributed by atoms with Crippen LogP contribution in [-0.2, 0) is 6.54 Å². The lowest BCUT2D eigenvalue weighted by atomic mass is 10.4. The maximum atomic E-state index is 12.8. The largest absolute Gasteiger partial charge is 0.352 e. The average molecular weight is 286 g/mol. The zero-order valence-electron chi connectivity index (χ0n) is 10.4. The minimum absolute atomic E-state index is 0.0395. The summed E-state index contributed by atoms with van der Waals surface area (Å²) >= 11 is 1.38. The van der Waals surface area contributed by atoms with Crippen molar-refractivity contribution >= 4 is 11.3 Å². The highest BCUT2D eigenvalue weighted by Gasteiger charge is 2.57. The van der Waals surface area contributed by atoms with E-state index in [1.807, 2.05) is 13.8 Å². The molecule has 2 heterocycles. The molecule has 1 atom stereocenters. The molecule has 5 nitrogen and oxygen atoms in total. The van der Waals surface area contributed by atoms with Crippen LogP contribution in [0.2, 0.25) is 0 Å². The van der Waals surface area contributed by atoms with Crippen LogP contribution >= 0.6 is 11.3 Å². The molecular weight excluding hydrogens is 274 g/mol. The number of hydrogen-bond acceptors (Lipinski definition) is 4. The number of nitrogens with zero attached hydrogens (tertiary/aromatic N) is 4. The van der Waals surface area contributed by atoms with E-state index in [0.717, 1.165) is 15.3 Å². The molecular formula is C11H12F2N4OS. The van der Waals surface area contributed by atoms with Gasteiger partial charge in [0.05, 0.1) is 12.2 Å². The van der Waals surface area contributed by atoms with Gasteiger partial charge in [0.25, 0.3) is 5.92 Å². The molecule has 0 aromatic carbocycles. The molecule has 1 saturated carbocycles. The summed E-state index contributed by atoms with van der Waals surface area (Å²) in [6, 6.07) is 0. The zero-order valence-corrected chi connectivity index (χ0v) is 11.2. The summed E-state index contributed by atoms with van der Waals surface area (Å²) in [6.45, 7) is 3.73. The molecule has 0 spiro atoms. The highest BCUT2D eigenvalue weighted by Crippen LogP contribution is 2.49. The summed E-state index contributed by atoms with van der Waals surface area (Å²) in [4.78, 5) is 17.3. The molecule has 102 valence electrons. The minimum atomic E-state index is -2.64. The second-order valence-electron chi connectivity index (χ2n) is 4.77. The Morgan fingerprint density at radius 2 is 2.21 bits per heavy atom. The smallest absolute Gasteiger partial charge is 0.245 e. The van der Waals surface area contributed by atoms with Gasteiger partial charge in [-0.25, -0.2) is 27.8 Å². The van der Waals surface area contributed by atoms with Crippen molar-refractivity contribution in [2.75, 3.05) is 0 Å². The van der Waals surface area contributed by atoms with E-state index in [0.29, 0.717) is 5.13 Å². The number of aromatic nitrogens is 4. The third-order valence-electron chi connectivity index (χ3n) is 3.31. The van der Waals surface area contributed by atoms with E-state index >= 15 is 0 Å². The zero-order chi connectivity index (χ0) is 13.8. The van der Waals surface area contributed by atoms with E-state index in [-0.39, 0.29) is 13.0 Å². The normalized spacial score (nSPS) is 20.7. The Hall–Kier alpha value is -1.57. The maximum Gasteiger partial charge on any atom is 0.352 e. The summed E-state index contributed by atoms with van der Waals surface area (Å²) in [5.41, 5.74) is 0.435. The molecule has 8 heteroatoms. The number of aryl methyl sites for hydroxylation is 2. The third-order valence-corrected chi connectivity index (χ3v) is 4.38. The monoisotopic (exact) mass is 286 g/mol. The lowest BCUT2D eigenvalue weighted by Crippen LogP contribution is -2.25. The first-order valence-corrected chi connectivity index (χ1v) is 6.67. The highest BCUT2D eigenvalue weighted by atomic mass is 32.1. The Morgan fingerprint density at radius 1 is 1.53 bits per heavy atom. The number of hydrogen-bond donors (Lipinski definition) is 0. The van der Waals surface area contributed by atoms with Crippen molar-refractivity contribution in [2.45, 2.75) is 32.7 Å². The first-order valence-electron chi connectivity index (χ1n) is 5.85. The van der Waals surface area contributed by atoms with E-state index in [1.54, 1.807) is 0 Å². The molecule has 3 rings (SSSR count). The summed E-state index contributed by atoms with van der Waals surface area (Å²) in [6.07, 6.45) is 1.17. The van der Waals surface area contributed by atoms with Crippen molar-refractivity contribution in [1.82, 2.24) is 19.3 Å². The second-order valence-corrected chi connectivity index (χ2v) is 5.95. The molecule has 0 bridgehead atoms. The minimum Gasteiger partial charge on any atom is -0.245 e. The van der Waals surface area contributed by atoms with E-state index < -0.39 is 17.5 Å². The summed E-state index contributed by atoms with van der Waals surface area (Å²) in [5.74, 6) is -3.41. The Labute approximate surface area is 111 Å². The molecule has 19 heavy (non-hydrogen) atoms. The van der Waals surface area contributed by atoms with Crippen LogP contribution in [0, 0.1) is 19.8 Å². The van der Waals surface area contributed by atoms with Gasteiger partial charge in [-0.15, -0.1) is 11.3 Å². The molecule has 0 N–H and O–H groups in total. The van der Waals surface area contributed by atoms with Crippen molar-refractivity contribution in [2.24, 2.45) is 5.92 Å². The Bertz CT molecular complexity index is 668. The molecule has 0 radical (unpaired) electrons. The van der Waals surface area contributed by atoms with Crippen molar-refractivity contribution < 1.29 is 8.78 Å². The predicted molar refractivity (Wildman–Crippen MR) is 66.0 cm³/mol. The van der Waals surface area contributed by atoms with Crippen molar-refractivity contribution in [3.8, 4) is 5.13 Å². The first-order chi connectivity index (χ1) is 8.88. The summed E-state index contributed by atoms with van der Waals surface area (Å²) in [7, 11) is 0. The van der Waals surface area contributed by atoms with Crippen LogP contribution < -0.4 is 5.69 Å². The van der Waals surface area contributed by atoms with Crippen LogP contribution in [0.3, 0.4) is 0 Å². The number of halogens is 2. The van der Waals surface area contributed by atoms with Gasteiger partial charge in [0.1, 0.15) is 6.33 Å². The van der Waals surface area contributed by atoms with Crippen molar-refractivity contribution in [3.05, 3.63) is 27.4 Å². The van der Waals surface area contributed by atoms with Gasteiger partial charge in [0, 0.05) is 17.2 Å². The second kappa shape index (κ2) is 3.96. The van der Waals surface area contributed by atoms with Gasteiger partial charge >= 0.3 is 5.69 Å². The molecule has 2 aromatic rings. The van der Waals surface area contributed by atoms with E-state index in [4.69, 9.17) is 0 Å². The topological polar surface area (TPSA) is 52.7 Å². The van der Waals surface area contributed by atoms with Crippen molar-refractivity contribution in [3.63, 3.8) is 0 Å². The lowest BCUT2D eigenvalue weighted by molar-refractivity contribution is 0.0939. The van der Waals surface area contributed by atoms with Crippen molar-refractivity contribution in [1.29, 1.82) is 0 Å². The van der Waals surface area contributed by atoms with Gasteiger partial charge in [0.15, 0.2) is 5.13 Å². The maximum absolute atomic E-state index is 12.8. The number of rotatable bonds is 3. The molecule has 1 aliphatic carbocycles. The van der Waals surface area contributed by atoms with Gasteiger partial charge in [0.2, 0.25) is 0 Å². The predicted octanol–water partition coefficient (Wildman–Crippen LogP) is 1.76. The Morgan fingerprint density at radius 3 is 2.74 bits per heavy atom. The fraction of sp³-hybridized carbons (Fsp3) is 0.545. The van der Waals surface area contributed by atoms with E-state index in [1.165, 1.54) is 22.2 Å². The fourth-order valence-electron chi connectivity index (χ4n) is 1.83. The average Bonchev–Trinajstić information content (AvgIpc) is 2.64. The van der Waals surface area contributed by atoms with E-state index in [2.05, 4.69) is 10.1 Å². The van der Waals surface area contributed by atoms with Gasteiger partial charge in [-0.05, 0) is 13.8 Å². The summed E-state index contributed by atoms with van der Waals surface area (Å²) in [5, 5.41) is 4.40. The highest BCUT2D eigenvalue weighted by molar-refractivity contribution is 7.14. The van der Waals surface area contributed by atoms with Crippen LogP contribution in [0.1, 0.15) is 17.0 Å².